The first-order valence-corrected chi connectivity index (χ1v) is 6.61. The van der Waals surface area contributed by atoms with Crippen molar-refractivity contribution in [3.05, 3.63) is 76.5 Å². The minimum atomic E-state index is -0.490. The van der Waals surface area contributed by atoms with E-state index in [0.717, 1.165) is 16.3 Å². The summed E-state index contributed by atoms with van der Waals surface area (Å²) in [6.07, 6.45) is 2.89. The lowest BCUT2D eigenvalue weighted by Gasteiger charge is -2.02. The fourth-order valence-electron chi connectivity index (χ4n) is 2.09. The molecule has 2 aromatic carbocycles. The van der Waals surface area contributed by atoms with Crippen LogP contribution in [0, 0.1) is 10.1 Å². The average molecular weight is 292 g/mol. The summed E-state index contributed by atoms with van der Waals surface area (Å²) in [6, 6.07) is 16.9. The fraction of sp³-hybridized carbons (Fsp3) is 0. The topological polar surface area (TPSA) is 80.4 Å². The first-order chi connectivity index (χ1) is 10.7. The van der Waals surface area contributed by atoms with Gasteiger partial charge in [-0.15, -0.1) is 0 Å². The number of nitrogens with zero attached hydrogens (tertiary/aromatic N) is 3. The number of benzene rings is 2. The molecule has 22 heavy (non-hydrogen) atoms. The molecule has 0 atom stereocenters. The lowest BCUT2D eigenvalue weighted by molar-refractivity contribution is -0.385. The predicted octanol–water partition coefficient (Wildman–Crippen LogP) is 3.59. The highest BCUT2D eigenvalue weighted by atomic mass is 16.6. The first kappa shape index (κ1) is 13.7. The Morgan fingerprint density at radius 1 is 1.09 bits per heavy atom. The molecule has 6 heteroatoms. The molecule has 0 unspecified atom stereocenters. The van der Waals surface area contributed by atoms with E-state index in [1.807, 2.05) is 42.5 Å². The van der Waals surface area contributed by atoms with Crippen LogP contribution in [0.3, 0.4) is 0 Å². The van der Waals surface area contributed by atoms with Crippen molar-refractivity contribution >= 4 is 28.5 Å². The van der Waals surface area contributed by atoms with Crippen molar-refractivity contribution in [2.75, 3.05) is 5.43 Å². The Kier molecular flexibility index (Phi) is 3.74. The van der Waals surface area contributed by atoms with Crippen LogP contribution in [0.15, 0.2) is 65.9 Å². The maximum absolute atomic E-state index is 10.6. The Morgan fingerprint density at radius 2 is 1.91 bits per heavy atom. The van der Waals surface area contributed by atoms with Crippen LogP contribution >= 0.6 is 0 Å². The van der Waals surface area contributed by atoms with E-state index in [2.05, 4.69) is 15.5 Å². The van der Waals surface area contributed by atoms with Crippen molar-refractivity contribution in [2.45, 2.75) is 0 Å². The van der Waals surface area contributed by atoms with Crippen LogP contribution in [0.1, 0.15) is 5.56 Å². The molecular weight excluding hydrogens is 280 g/mol. The number of nitrogens with one attached hydrogen (secondary N) is 1. The molecule has 1 N–H and O–H groups in total. The predicted molar refractivity (Wildman–Crippen MR) is 86.1 cm³/mol. The summed E-state index contributed by atoms with van der Waals surface area (Å²) >= 11 is 0. The Balaban J connectivity index is 1.77. The second-order valence-electron chi connectivity index (χ2n) is 4.60. The maximum atomic E-state index is 10.6. The number of fused-ring (bicyclic) bond motifs is 1. The van der Waals surface area contributed by atoms with Crippen LogP contribution in [-0.4, -0.2) is 16.1 Å². The number of hydrogen-bond acceptors (Lipinski definition) is 5. The van der Waals surface area contributed by atoms with E-state index in [0.29, 0.717) is 5.82 Å². The molecule has 0 radical (unpaired) electrons. The molecule has 0 aliphatic heterocycles. The van der Waals surface area contributed by atoms with Crippen LogP contribution in [0.4, 0.5) is 11.5 Å². The van der Waals surface area contributed by atoms with Crippen molar-refractivity contribution in [1.82, 2.24) is 4.98 Å². The Labute approximate surface area is 126 Å². The van der Waals surface area contributed by atoms with Gasteiger partial charge in [-0.1, -0.05) is 42.5 Å². The van der Waals surface area contributed by atoms with Gasteiger partial charge in [0.15, 0.2) is 0 Å². The van der Waals surface area contributed by atoms with Gasteiger partial charge in [0.05, 0.1) is 11.1 Å². The van der Waals surface area contributed by atoms with Gasteiger partial charge in [0.1, 0.15) is 12.0 Å². The second-order valence-corrected chi connectivity index (χ2v) is 4.60. The molecule has 1 aromatic heterocycles. The standard InChI is InChI=1S/C16H12N4O2/c21-20(22)14-8-9-16(17-11-14)19-18-10-13-6-3-5-12-4-1-2-7-15(12)13/h1-11H,(H,17,19). The van der Waals surface area contributed by atoms with Crippen molar-refractivity contribution in [1.29, 1.82) is 0 Å². The molecule has 0 bridgehead atoms. The van der Waals surface area contributed by atoms with Gasteiger partial charge >= 0.3 is 0 Å². The van der Waals surface area contributed by atoms with Crippen LogP contribution in [-0.2, 0) is 0 Å². The average Bonchev–Trinajstić information content (AvgIpc) is 2.55. The number of rotatable bonds is 4. The molecule has 3 aromatic rings. The van der Waals surface area contributed by atoms with Crippen LogP contribution < -0.4 is 5.43 Å². The summed E-state index contributed by atoms with van der Waals surface area (Å²) in [4.78, 5) is 14.0. The number of pyridine rings is 1. The van der Waals surface area contributed by atoms with Gasteiger partial charge in [0, 0.05) is 11.6 Å². The van der Waals surface area contributed by atoms with Gasteiger partial charge in [0.25, 0.3) is 5.69 Å². The maximum Gasteiger partial charge on any atom is 0.287 e. The molecule has 0 saturated carbocycles. The molecule has 108 valence electrons. The number of hydrazone groups is 1. The monoisotopic (exact) mass is 292 g/mol. The van der Waals surface area contributed by atoms with Crippen molar-refractivity contribution in [2.24, 2.45) is 5.10 Å². The van der Waals surface area contributed by atoms with Gasteiger partial charge in [-0.05, 0) is 16.8 Å². The van der Waals surface area contributed by atoms with E-state index in [9.17, 15) is 10.1 Å². The normalized spacial score (nSPS) is 10.9. The van der Waals surface area contributed by atoms with Gasteiger partial charge in [-0.2, -0.15) is 5.10 Å². The highest BCUT2D eigenvalue weighted by Crippen LogP contribution is 2.17. The van der Waals surface area contributed by atoms with Gasteiger partial charge < -0.3 is 0 Å². The number of anilines is 1. The molecule has 0 fully saturated rings. The molecular formula is C16H12N4O2. The Morgan fingerprint density at radius 3 is 2.68 bits per heavy atom. The Bertz CT molecular complexity index is 839. The zero-order valence-electron chi connectivity index (χ0n) is 11.5. The van der Waals surface area contributed by atoms with E-state index in [4.69, 9.17) is 0 Å². The fourth-order valence-corrected chi connectivity index (χ4v) is 2.09. The number of aromatic nitrogens is 1. The Hall–Kier alpha value is -3.28. The lowest BCUT2D eigenvalue weighted by atomic mass is 10.1. The molecule has 0 aliphatic rings. The highest BCUT2D eigenvalue weighted by molar-refractivity contribution is 5.99. The molecule has 0 amide bonds. The first-order valence-electron chi connectivity index (χ1n) is 6.61. The third kappa shape index (κ3) is 2.90. The molecule has 0 aliphatic carbocycles. The molecule has 0 saturated heterocycles. The van der Waals surface area contributed by atoms with Crippen LogP contribution in [0.5, 0.6) is 0 Å². The van der Waals surface area contributed by atoms with Crippen molar-refractivity contribution in [3.8, 4) is 0 Å². The molecule has 3 rings (SSSR count). The van der Waals surface area contributed by atoms with Gasteiger partial charge in [-0.3, -0.25) is 15.5 Å². The summed E-state index contributed by atoms with van der Waals surface area (Å²) in [5.74, 6) is 0.446. The van der Waals surface area contributed by atoms with Gasteiger partial charge in [-0.25, -0.2) is 4.98 Å². The van der Waals surface area contributed by atoms with Crippen LogP contribution in [0.25, 0.3) is 10.8 Å². The van der Waals surface area contributed by atoms with E-state index in [-0.39, 0.29) is 5.69 Å². The zero-order chi connectivity index (χ0) is 15.4. The largest absolute Gasteiger partial charge is 0.287 e. The van der Waals surface area contributed by atoms with E-state index >= 15 is 0 Å². The quantitative estimate of drug-likeness (QED) is 0.452. The van der Waals surface area contributed by atoms with E-state index < -0.39 is 4.92 Å². The molecule has 0 spiro atoms. The van der Waals surface area contributed by atoms with Crippen molar-refractivity contribution in [3.63, 3.8) is 0 Å². The third-order valence-electron chi connectivity index (χ3n) is 3.16. The number of nitro groups is 1. The SMILES string of the molecule is O=[N+]([O-])c1ccc(NN=Cc2cccc3ccccc23)nc1. The van der Waals surface area contributed by atoms with Crippen molar-refractivity contribution < 1.29 is 4.92 Å². The summed E-state index contributed by atoms with van der Waals surface area (Å²) in [7, 11) is 0. The lowest BCUT2D eigenvalue weighted by Crippen LogP contribution is -1.95. The molecule has 1 heterocycles. The second kappa shape index (κ2) is 6.01. The minimum absolute atomic E-state index is 0.0522. The highest BCUT2D eigenvalue weighted by Gasteiger charge is 2.04. The van der Waals surface area contributed by atoms with Gasteiger partial charge in [0.2, 0.25) is 0 Å². The number of hydrogen-bond donors (Lipinski definition) is 1. The summed E-state index contributed by atoms with van der Waals surface area (Å²) in [5.41, 5.74) is 3.69. The zero-order valence-corrected chi connectivity index (χ0v) is 11.5. The minimum Gasteiger partial charge on any atom is -0.261 e. The summed E-state index contributed by atoms with van der Waals surface area (Å²) in [6.45, 7) is 0. The van der Waals surface area contributed by atoms with E-state index in [1.54, 1.807) is 6.21 Å². The van der Waals surface area contributed by atoms with E-state index in [1.165, 1.54) is 18.3 Å². The summed E-state index contributed by atoms with van der Waals surface area (Å²) < 4.78 is 0. The smallest absolute Gasteiger partial charge is 0.261 e. The van der Waals surface area contributed by atoms with Crippen LogP contribution in [0.2, 0.25) is 0 Å². The third-order valence-corrected chi connectivity index (χ3v) is 3.16. The summed E-state index contributed by atoms with van der Waals surface area (Å²) in [5, 5.41) is 16.9. The molecule has 6 nitrogen and oxygen atoms in total.